The van der Waals surface area contributed by atoms with Crippen LogP contribution in [0.3, 0.4) is 0 Å². The smallest absolute Gasteiger partial charge is 0.309 e. The molecule has 0 aromatic rings. The van der Waals surface area contributed by atoms with E-state index < -0.39 is 0 Å². The van der Waals surface area contributed by atoms with Crippen LogP contribution in [0.25, 0.3) is 0 Å². The largest absolute Gasteiger partial charge is 0.458 e. The molecule has 2 rings (SSSR count). The van der Waals surface area contributed by atoms with Gasteiger partial charge in [-0.2, -0.15) is 0 Å². The lowest BCUT2D eigenvalue weighted by Crippen LogP contribution is -2.18. The van der Waals surface area contributed by atoms with Gasteiger partial charge >= 0.3 is 5.97 Å². The van der Waals surface area contributed by atoms with Gasteiger partial charge in [0.25, 0.3) is 0 Å². The van der Waals surface area contributed by atoms with E-state index in [1.54, 1.807) is 0 Å². The molecule has 0 radical (unpaired) electrons. The van der Waals surface area contributed by atoms with E-state index in [-0.39, 0.29) is 18.0 Å². The van der Waals surface area contributed by atoms with Gasteiger partial charge in [0.05, 0.1) is 5.92 Å². The first-order valence-corrected chi connectivity index (χ1v) is 6.62. The number of esters is 1. The Kier molecular flexibility index (Phi) is 3.70. The highest BCUT2D eigenvalue weighted by atomic mass is 16.6. The standard InChI is InChI=1S/C15H22O2/c1-10-5-4-6-11(2)9-14-13(8-7-10)12(3)15(16)17-14/h9,12-14H,1,4-8H2,2-3H3. The van der Waals surface area contributed by atoms with Crippen molar-refractivity contribution < 1.29 is 9.53 Å². The normalized spacial score (nSPS) is 34.9. The molecule has 0 bridgehead atoms. The molecule has 1 aliphatic carbocycles. The Morgan fingerprint density at radius 2 is 2.12 bits per heavy atom. The first-order chi connectivity index (χ1) is 8.08. The summed E-state index contributed by atoms with van der Waals surface area (Å²) < 4.78 is 5.47. The van der Waals surface area contributed by atoms with E-state index in [2.05, 4.69) is 19.6 Å². The van der Waals surface area contributed by atoms with E-state index in [1.807, 2.05) is 6.92 Å². The van der Waals surface area contributed by atoms with E-state index in [0.29, 0.717) is 5.92 Å². The third kappa shape index (κ3) is 2.80. The van der Waals surface area contributed by atoms with Crippen LogP contribution in [0.15, 0.2) is 23.8 Å². The molecule has 0 aromatic carbocycles. The van der Waals surface area contributed by atoms with Gasteiger partial charge in [0.1, 0.15) is 6.10 Å². The minimum Gasteiger partial charge on any atom is -0.458 e. The Morgan fingerprint density at radius 1 is 1.35 bits per heavy atom. The Morgan fingerprint density at radius 3 is 2.88 bits per heavy atom. The lowest BCUT2D eigenvalue weighted by Gasteiger charge is -2.20. The fraction of sp³-hybridized carbons (Fsp3) is 0.667. The number of fused-ring (bicyclic) bond motifs is 1. The molecule has 0 amide bonds. The summed E-state index contributed by atoms with van der Waals surface area (Å²) >= 11 is 0. The second kappa shape index (κ2) is 5.07. The number of carbonyl (C=O) groups is 1. The fourth-order valence-corrected chi connectivity index (χ4v) is 2.84. The van der Waals surface area contributed by atoms with Crippen LogP contribution in [0.2, 0.25) is 0 Å². The van der Waals surface area contributed by atoms with Gasteiger partial charge in [-0.1, -0.05) is 24.6 Å². The van der Waals surface area contributed by atoms with Gasteiger partial charge in [-0.3, -0.25) is 4.79 Å². The third-order valence-electron chi connectivity index (χ3n) is 4.07. The lowest BCUT2D eigenvalue weighted by atomic mass is 9.84. The maximum atomic E-state index is 11.7. The fourth-order valence-electron chi connectivity index (χ4n) is 2.84. The zero-order valence-corrected chi connectivity index (χ0v) is 10.9. The molecule has 1 heterocycles. The van der Waals surface area contributed by atoms with Crippen molar-refractivity contribution in [2.75, 3.05) is 0 Å². The molecule has 2 heteroatoms. The molecule has 1 aliphatic heterocycles. The summed E-state index contributed by atoms with van der Waals surface area (Å²) in [4.78, 5) is 11.7. The van der Waals surface area contributed by atoms with Gasteiger partial charge < -0.3 is 4.74 Å². The number of allylic oxidation sites excluding steroid dienone is 2. The van der Waals surface area contributed by atoms with E-state index in [1.165, 1.54) is 17.6 Å². The number of hydrogen-bond donors (Lipinski definition) is 0. The number of carbonyl (C=O) groups excluding carboxylic acids is 1. The first kappa shape index (κ1) is 12.4. The van der Waals surface area contributed by atoms with Crippen molar-refractivity contribution in [2.24, 2.45) is 11.8 Å². The van der Waals surface area contributed by atoms with Crippen molar-refractivity contribution >= 4 is 5.97 Å². The Balaban J connectivity index is 2.18. The second-order valence-electron chi connectivity index (χ2n) is 5.51. The van der Waals surface area contributed by atoms with Crippen molar-refractivity contribution in [3.8, 4) is 0 Å². The van der Waals surface area contributed by atoms with Gasteiger partial charge in [-0.25, -0.2) is 0 Å². The molecule has 0 N–H and O–H groups in total. The van der Waals surface area contributed by atoms with Crippen molar-refractivity contribution in [2.45, 2.75) is 52.1 Å². The monoisotopic (exact) mass is 234 g/mol. The van der Waals surface area contributed by atoms with Crippen LogP contribution in [0, 0.1) is 11.8 Å². The predicted molar refractivity (Wildman–Crippen MR) is 68.5 cm³/mol. The summed E-state index contributed by atoms with van der Waals surface area (Å²) in [5, 5.41) is 0. The first-order valence-electron chi connectivity index (χ1n) is 6.62. The molecule has 17 heavy (non-hydrogen) atoms. The molecule has 2 aliphatic rings. The van der Waals surface area contributed by atoms with Gasteiger partial charge in [0.2, 0.25) is 0 Å². The second-order valence-corrected chi connectivity index (χ2v) is 5.51. The molecular weight excluding hydrogens is 212 g/mol. The van der Waals surface area contributed by atoms with Gasteiger partial charge in [0, 0.05) is 5.92 Å². The maximum absolute atomic E-state index is 11.7. The SMILES string of the molecule is C=C1CCCC(C)=CC2OC(=O)C(C)C2CC1. The number of hydrogen-bond acceptors (Lipinski definition) is 2. The van der Waals surface area contributed by atoms with Gasteiger partial charge in [-0.05, 0) is 45.1 Å². The van der Waals surface area contributed by atoms with Crippen LogP contribution in [0.4, 0.5) is 0 Å². The van der Waals surface area contributed by atoms with E-state index in [0.717, 1.165) is 25.7 Å². The molecule has 1 fully saturated rings. The van der Waals surface area contributed by atoms with Crippen molar-refractivity contribution in [3.05, 3.63) is 23.8 Å². The molecule has 0 spiro atoms. The lowest BCUT2D eigenvalue weighted by molar-refractivity contribution is -0.142. The zero-order chi connectivity index (χ0) is 12.4. The van der Waals surface area contributed by atoms with E-state index in [9.17, 15) is 4.79 Å². The Labute approximate surface area is 104 Å². The average molecular weight is 234 g/mol. The molecule has 3 atom stereocenters. The summed E-state index contributed by atoms with van der Waals surface area (Å²) in [5.41, 5.74) is 2.67. The quantitative estimate of drug-likeness (QED) is 0.472. The van der Waals surface area contributed by atoms with Gasteiger partial charge in [-0.15, -0.1) is 0 Å². The molecular formula is C15H22O2. The van der Waals surface area contributed by atoms with Crippen LogP contribution in [-0.2, 0) is 9.53 Å². The summed E-state index contributed by atoms with van der Waals surface area (Å²) in [5.74, 6) is 0.345. The van der Waals surface area contributed by atoms with Crippen molar-refractivity contribution in [1.82, 2.24) is 0 Å². The van der Waals surface area contributed by atoms with Crippen LogP contribution in [0.5, 0.6) is 0 Å². The number of ether oxygens (including phenoxy) is 1. The Hall–Kier alpha value is -1.05. The van der Waals surface area contributed by atoms with E-state index in [4.69, 9.17) is 4.74 Å². The molecule has 2 nitrogen and oxygen atoms in total. The molecule has 1 saturated heterocycles. The van der Waals surface area contributed by atoms with Crippen LogP contribution in [-0.4, -0.2) is 12.1 Å². The summed E-state index contributed by atoms with van der Waals surface area (Å²) in [6, 6.07) is 0. The minimum atomic E-state index is -0.0334. The van der Waals surface area contributed by atoms with Crippen LogP contribution in [0.1, 0.15) is 46.0 Å². The number of rotatable bonds is 0. The highest BCUT2D eigenvalue weighted by Crippen LogP contribution is 2.35. The topological polar surface area (TPSA) is 26.3 Å². The molecule has 0 saturated carbocycles. The van der Waals surface area contributed by atoms with Crippen molar-refractivity contribution in [3.63, 3.8) is 0 Å². The van der Waals surface area contributed by atoms with Crippen molar-refractivity contribution in [1.29, 1.82) is 0 Å². The zero-order valence-electron chi connectivity index (χ0n) is 10.9. The van der Waals surface area contributed by atoms with Gasteiger partial charge in [0.15, 0.2) is 0 Å². The molecule has 3 unspecified atom stereocenters. The molecule has 94 valence electrons. The molecule has 0 aromatic heterocycles. The summed E-state index contributed by atoms with van der Waals surface area (Å²) in [7, 11) is 0. The maximum Gasteiger partial charge on any atom is 0.309 e. The highest BCUT2D eigenvalue weighted by molar-refractivity contribution is 5.75. The van der Waals surface area contributed by atoms with E-state index >= 15 is 0 Å². The predicted octanol–water partition coefficient (Wildman–Crippen LogP) is 3.63. The average Bonchev–Trinajstić information content (AvgIpc) is 2.52. The van der Waals surface area contributed by atoms with Crippen LogP contribution < -0.4 is 0 Å². The third-order valence-corrected chi connectivity index (χ3v) is 4.07. The summed E-state index contributed by atoms with van der Waals surface area (Å²) in [6.45, 7) is 8.25. The summed E-state index contributed by atoms with van der Waals surface area (Å²) in [6.07, 6.45) is 7.61. The minimum absolute atomic E-state index is 0.00315. The Bertz CT molecular complexity index is 354. The van der Waals surface area contributed by atoms with Crippen LogP contribution >= 0.6 is 0 Å². The highest BCUT2D eigenvalue weighted by Gasteiger charge is 2.40.